The van der Waals surface area contributed by atoms with Crippen molar-refractivity contribution in [3.63, 3.8) is 0 Å². The van der Waals surface area contributed by atoms with E-state index in [1.54, 1.807) is 22.8 Å². The number of hydrogen-bond donors (Lipinski definition) is 1. The molecule has 5 heteroatoms. The van der Waals surface area contributed by atoms with Crippen LogP contribution in [0.1, 0.15) is 30.1 Å². The number of nitrogens with zero attached hydrogens (tertiary/aromatic N) is 2. The largest absolute Gasteiger partial charge is 0.316 e. The third kappa shape index (κ3) is 3.78. The zero-order chi connectivity index (χ0) is 18.8. The minimum Gasteiger partial charge on any atom is -0.316 e. The fraction of sp³-hybridized carbons (Fsp3) is 0.364. The van der Waals surface area contributed by atoms with E-state index in [0.717, 1.165) is 38.2 Å². The van der Waals surface area contributed by atoms with Crippen molar-refractivity contribution in [1.29, 1.82) is 0 Å². The SMILES string of the molecule is Cn1c(C2CCNCC2CCc2ccccc2)nc2cc(Cl)ccc2c1=O. The number of rotatable bonds is 4. The van der Waals surface area contributed by atoms with Crippen molar-refractivity contribution in [3.05, 3.63) is 75.3 Å². The van der Waals surface area contributed by atoms with Gasteiger partial charge in [0.1, 0.15) is 5.82 Å². The van der Waals surface area contributed by atoms with Gasteiger partial charge < -0.3 is 5.32 Å². The summed E-state index contributed by atoms with van der Waals surface area (Å²) in [5.41, 5.74) is 2.06. The monoisotopic (exact) mass is 381 g/mol. The Balaban J connectivity index is 1.67. The number of benzene rings is 2. The predicted molar refractivity (Wildman–Crippen MR) is 110 cm³/mol. The summed E-state index contributed by atoms with van der Waals surface area (Å²) in [5.74, 6) is 1.61. The molecule has 1 aromatic heterocycles. The Hall–Kier alpha value is -2.17. The Kier molecular flexibility index (Phi) is 5.28. The first-order valence-electron chi connectivity index (χ1n) is 9.54. The number of aromatic nitrogens is 2. The lowest BCUT2D eigenvalue weighted by Crippen LogP contribution is -2.38. The summed E-state index contributed by atoms with van der Waals surface area (Å²) in [5, 5.41) is 4.75. The molecular weight excluding hydrogens is 358 g/mol. The van der Waals surface area contributed by atoms with Crippen molar-refractivity contribution >= 4 is 22.5 Å². The minimum atomic E-state index is 0.00649. The molecule has 1 N–H and O–H groups in total. The van der Waals surface area contributed by atoms with Gasteiger partial charge in [0.2, 0.25) is 0 Å². The Morgan fingerprint density at radius 2 is 2.04 bits per heavy atom. The van der Waals surface area contributed by atoms with E-state index >= 15 is 0 Å². The summed E-state index contributed by atoms with van der Waals surface area (Å²) in [6.45, 7) is 1.91. The average Bonchev–Trinajstić information content (AvgIpc) is 2.70. The molecule has 4 rings (SSSR count). The van der Waals surface area contributed by atoms with E-state index in [4.69, 9.17) is 16.6 Å². The second-order valence-electron chi connectivity index (χ2n) is 7.38. The third-order valence-electron chi connectivity index (χ3n) is 5.66. The number of aryl methyl sites for hydroxylation is 1. The van der Waals surface area contributed by atoms with Crippen molar-refractivity contribution < 1.29 is 0 Å². The van der Waals surface area contributed by atoms with Crippen LogP contribution in [-0.4, -0.2) is 22.6 Å². The molecule has 2 aromatic carbocycles. The fourth-order valence-electron chi connectivity index (χ4n) is 4.16. The summed E-state index contributed by atoms with van der Waals surface area (Å²) >= 11 is 6.14. The van der Waals surface area contributed by atoms with Crippen LogP contribution in [0.5, 0.6) is 0 Å². The van der Waals surface area contributed by atoms with Crippen LogP contribution in [-0.2, 0) is 13.5 Å². The standard InChI is InChI=1S/C22H24ClN3O/c1-26-21(25-20-13-17(23)9-10-19(20)22(26)27)18-11-12-24-14-16(18)8-7-15-5-3-2-4-6-15/h2-6,9-10,13,16,18,24H,7-8,11-12,14H2,1H3. The molecule has 2 atom stereocenters. The molecule has 1 fully saturated rings. The highest BCUT2D eigenvalue weighted by Crippen LogP contribution is 2.32. The van der Waals surface area contributed by atoms with Crippen LogP contribution in [0.4, 0.5) is 0 Å². The lowest BCUT2D eigenvalue weighted by molar-refractivity contribution is 0.293. The van der Waals surface area contributed by atoms with Crippen LogP contribution in [0.25, 0.3) is 10.9 Å². The minimum absolute atomic E-state index is 0.00649. The fourth-order valence-corrected chi connectivity index (χ4v) is 4.32. The molecule has 4 nitrogen and oxygen atoms in total. The molecule has 27 heavy (non-hydrogen) atoms. The van der Waals surface area contributed by atoms with Crippen LogP contribution >= 0.6 is 11.6 Å². The maximum Gasteiger partial charge on any atom is 0.261 e. The smallest absolute Gasteiger partial charge is 0.261 e. The summed E-state index contributed by atoms with van der Waals surface area (Å²) in [4.78, 5) is 17.7. The Morgan fingerprint density at radius 1 is 1.22 bits per heavy atom. The van der Waals surface area contributed by atoms with Crippen LogP contribution < -0.4 is 10.9 Å². The zero-order valence-corrected chi connectivity index (χ0v) is 16.2. The highest BCUT2D eigenvalue weighted by Gasteiger charge is 2.29. The van der Waals surface area contributed by atoms with Crippen molar-refractivity contribution in [2.75, 3.05) is 13.1 Å². The van der Waals surface area contributed by atoms with Gasteiger partial charge in [0.15, 0.2) is 0 Å². The number of halogens is 1. The highest BCUT2D eigenvalue weighted by atomic mass is 35.5. The molecule has 2 heterocycles. The van der Waals surface area contributed by atoms with E-state index < -0.39 is 0 Å². The Bertz CT molecular complexity index is 1000. The van der Waals surface area contributed by atoms with Crippen molar-refractivity contribution in [1.82, 2.24) is 14.9 Å². The molecule has 3 aromatic rings. The van der Waals surface area contributed by atoms with Crippen molar-refractivity contribution in [2.45, 2.75) is 25.2 Å². The van der Waals surface area contributed by atoms with Crippen LogP contribution in [0.15, 0.2) is 53.3 Å². The quantitative estimate of drug-likeness (QED) is 0.745. The lowest BCUT2D eigenvalue weighted by atomic mass is 9.81. The normalized spacial score (nSPS) is 20.1. The van der Waals surface area contributed by atoms with Crippen LogP contribution in [0.3, 0.4) is 0 Å². The van der Waals surface area contributed by atoms with E-state index in [1.807, 2.05) is 13.1 Å². The molecular formula is C22H24ClN3O. The number of hydrogen-bond acceptors (Lipinski definition) is 3. The first-order chi connectivity index (χ1) is 13.1. The highest BCUT2D eigenvalue weighted by molar-refractivity contribution is 6.31. The van der Waals surface area contributed by atoms with Gasteiger partial charge in [-0.2, -0.15) is 0 Å². The topological polar surface area (TPSA) is 46.9 Å². The molecule has 0 bridgehead atoms. The first-order valence-corrected chi connectivity index (χ1v) is 9.92. The van der Waals surface area contributed by atoms with Gasteiger partial charge in [-0.3, -0.25) is 9.36 Å². The Labute approximate surface area is 164 Å². The van der Waals surface area contributed by atoms with E-state index in [2.05, 4.69) is 29.6 Å². The van der Waals surface area contributed by atoms with Crippen molar-refractivity contribution in [2.24, 2.45) is 13.0 Å². The molecule has 0 aliphatic carbocycles. The second-order valence-corrected chi connectivity index (χ2v) is 7.82. The van der Waals surface area contributed by atoms with Gasteiger partial charge >= 0.3 is 0 Å². The van der Waals surface area contributed by atoms with E-state index in [1.165, 1.54) is 5.56 Å². The van der Waals surface area contributed by atoms with Gasteiger partial charge in [-0.25, -0.2) is 4.98 Å². The molecule has 1 aliphatic heterocycles. The maximum absolute atomic E-state index is 12.9. The lowest BCUT2D eigenvalue weighted by Gasteiger charge is -2.33. The third-order valence-corrected chi connectivity index (χ3v) is 5.89. The van der Waals surface area contributed by atoms with Crippen LogP contribution in [0, 0.1) is 5.92 Å². The summed E-state index contributed by atoms with van der Waals surface area (Å²) in [7, 11) is 1.84. The summed E-state index contributed by atoms with van der Waals surface area (Å²) in [6.07, 6.45) is 3.11. The predicted octanol–water partition coefficient (Wildman–Crippen LogP) is 3.91. The average molecular weight is 382 g/mol. The number of piperidine rings is 1. The van der Waals surface area contributed by atoms with Gasteiger partial charge in [-0.15, -0.1) is 0 Å². The molecule has 1 saturated heterocycles. The maximum atomic E-state index is 12.9. The van der Waals surface area contributed by atoms with Crippen LogP contribution in [0.2, 0.25) is 5.02 Å². The molecule has 0 saturated carbocycles. The molecule has 1 aliphatic rings. The van der Waals surface area contributed by atoms with Crippen molar-refractivity contribution in [3.8, 4) is 0 Å². The molecule has 0 amide bonds. The number of nitrogens with one attached hydrogen (secondary N) is 1. The zero-order valence-electron chi connectivity index (χ0n) is 15.5. The van der Waals surface area contributed by atoms with E-state index in [-0.39, 0.29) is 11.5 Å². The second kappa shape index (κ2) is 7.83. The molecule has 140 valence electrons. The Morgan fingerprint density at radius 3 is 2.85 bits per heavy atom. The molecule has 0 spiro atoms. The summed E-state index contributed by atoms with van der Waals surface area (Å²) in [6, 6.07) is 15.9. The first kappa shape index (κ1) is 18.2. The van der Waals surface area contributed by atoms with Gasteiger partial charge in [0, 0.05) is 18.0 Å². The van der Waals surface area contributed by atoms with Gasteiger partial charge in [0.05, 0.1) is 10.9 Å². The van der Waals surface area contributed by atoms with Gasteiger partial charge in [-0.05, 0) is 62.0 Å². The van der Waals surface area contributed by atoms with E-state index in [0.29, 0.717) is 21.8 Å². The molecule has 2 unspecified atom stereocenters. The number of fused-ring (bicyclic) bond motifs is 1. The van der Waals surface area contributed by atoms with Gasteiger partial charge in [-0.1, -0.05) is 41.9 Å². The summed E-state index contributed by atoms with van der Waals surface area (Å²) < 4.78 is 1.74. The van der Waals surface area contributed by atoms with Gasteiger partial charge in [0.25, 0.3) is 5.56 Å². The van der Waals surface area contributed by atoms with E-state index in [9.17, 15) is 4.79 Å². The molecule has 0 radical (unpaired) electrons.